The Bertz CT molecular complexity index is 531. The molecule has 0 aromatic heterocycles. The lowest BCUT2D eigenvalue weighted by molar-refractivity contribution is -0.147. The molecule has 0 radical (unpaired) electrons. The third-order valence-electron chi connectivity index (χ3n) is 2.33. The van der Waals surface area contributed by atoms with Gasteiger partial charge in [0.05, 0.1) is 5.56 Å². The van der Waals surface area contributed by atoms with Gasteiger partial charge in [0.25, 0.3) is 11.8 Å². The van der Waals surface area contributed by atoms with Crippen molar-refractivity contribution in [3.63, 3.8) is 0 Å². The summed E-state index contributed by atoms with van der Waals surface area (Å²) >= 11 is 2.04. The Morgan fingerprint density at radius 3 is 2.52 bits per heavy atom. The molecule has 114 valence electrons. The molecule has 0 bridgehead atoms. The summed E-state index contributed by atoms with van der Waals surface area (Å²) in [5.41, 5.74) is 0.489. The monoisotopic (exact) mass is 404 g/mol. The van der Waals surface area contributed by atoms with Crippen LogP contribution in [0.1, 0.15) is 24.2 Å². The molecular weight excluding hydrogens is 387 g/mol. The molecule has 0 aliphatic carbocycles. The van der Waals surface area contributed by atoms with Crippen LogP contribution in [0.25, 0.3) is 0 Å². The van der Waals surface area contributed by atoms with Crippen LogP contribution in [0.3, 0.4) is 0 Å². The fourth-order valence-electron chi connectivity index (χ4n) is 1.45. The Morgan fingerprint density at radius 1 is 1.24 bits per heavy atom. The zero-order chi connectivity index (χ0) is 15.8. The number of ether oxygens (including phenoxy) is 1. The van der Waals surface area contributed by atoms with Gasteiger partial charge in [0.2, 0.25) is 0 Å². The third-order valence-corrected chi connectivity index (χ3v) is 3.27. The molecule has 7 heteroatoms. The van der Waals surface area contributed by atoms with Gasteiger partial charge in [-0.05, 0) is 48.6 Å². The molecule has 0 saturated heterocycles. The maximum atomic E-state index is 11.9. The number of benzene rings is 1. The van der Waals surface area contributed by atoms with Crippen molar-refractivity contribution in [3.8, 4) is 0 Å². The average Bonchev–Trinajstić information content (AvgIpc) is 2.42. The van der Waals surface area contributed by atoms with E-state index in [1.165, 1.54) is 0 Å². The van der Waals surface area contributed by atoms with Gasteiger partial charge >= 0.3 is 5.97 Å². The van der Waals surface area contributed by atoms with Crippen LogP contribution >= 0.6 is 22.6 Å². The van der Waals surface area contributed by atoms with Gasteiger partial charge in [-0.2, -0.15) is 0 Å². The van der Waals surface area contributed by atoms with Gasteiger partial charge in [0.1, 0.15) is 6.54 Å². The third kappa shape index (κ3) is 6.56. The molecule has 1 aromatic carbocycles. The van der Waals surface area contributed by atoms with Crippen LogP contribution in [0, 0.1) is 3.57 Å². The van der Waals surface area contributed by atoms with E-state index in [2.05, 4.69) is 10.6 Å². The van der Waals surface area contributed by atoms with Crippen LogP contribution in [0.5, 0.6) is 0 Å². The Labute approximate surface area is 136 Å². The first-order valence-electron chi connectivity index (χ1n) is 6.38. The van der Waals surface area contributed by atoms with Gasteiger partial charge in [-0.3, -0.25) is 14.4 Å². The van der Waals surface area contributed by atoms with E-state index >= 15 is 0 Å². The molecule has 0 heterocycles. The van der Waals surface area contributed by atoms with Crippen molar-refractivity contribution < 1.29 is 19.1 Å². The normalized spacial score (nSPS) is 10.1. The molecule has 0 atom stereocenters. The van der Waals surface area contributed by atoms with Crippen LogP contribution in [0.15, 0.2) is 24.3 Å². The van der Waals surface area contributed by atoms with Crippen molar-refractivity contribution in [2.24, 2.45) is 0 Å². The minimum Gasteiger partial charge on any atom is -0.454 e. The number of amides is 2. The Kier molecular flexibility index (Phi) is 7.13. The smallest absolute Gasteiger partial charge is 0.325 e. The van der Waals surface area contributed by atoms with Crippen molar-refractivity contribution in [2.45, 2.75) is 19.9 Å². The first kappa shape index (κ1) is 17.4. The molecular formula is C14H17IN2O4. The zero-order valence-corrected chi connectivity index (χ0v) is 14.0. The van der Waals surface area contributed by atoms with Crippen LogP contribution < -0.4 is 10.6 Å². The van der Waals surface area contributed by atoms with Gasteiger partial charge in [-0.15, -0.1) is 0 Å². The van der Waals surface area contributed by atoms with Crippen molar-refractivity contribution >= 4 is 40.4 Å². The van der Waals surface area contributed by atoms with Crippen LogP contribution in [-0.2, 0) is 14.3 Å². The van der Waals surface area contributed by atoms with Crippen molar-refractivity contribution in [3.05, 3.63) is 33.4 Å². The van der Waals surface area contributed by atoms with Gasteiger partial charge in [0, 0.05) is 9.61 Å². The SMILES string of the molecule is CC(C)NC(=O)COC(=O)CNC(=O)c1ccccc1I. The van der Waals surface area contributed by atoms with Gasteiger partial charge in [-0.1, -0.05) is 12.1 Å². The maximum absolute atomic E-state index is 11.9. The molecule has 0 fully saturated rings. The van der Waals surface area contributed by atoms with E-state index in [0.29, 0.717) is 5.56 Å². The lowest BCUT2D eigenvalue weighted by Gasteiger charge is -2.09. The van der Waals surface area contributed by atoms with Crippen LogP contribution in [0.2, 0.25) is 0 Å². The molecule has 1 aromatic rings. The Balaban J connectivity index is 2.35. The zero-order valence-electron chi connectivity index (χ0n) is 11.8. The summed E-state index contributed by atoms with van der Waals surface area (Å²) in [6.45, 7) is 2.98. The van der Waals surface area contributed by atoms with E-state index in [0.717, 1.165) is 3.57 Å². The van der Waals surface area contributed by atoms with Crippen molar-refractivity contribution in [1.29, 1.82) is 0 Å². The van der Waals surface area contributed by atoms with E-state index in [1.807, 2.05) is 28.7 Å². The van der Waals surface area contributed by atoms with Crippen molar-refractivity contribution in [1.82, 2.24) is 10.6 Å². The molecule has 0 spiro atoms. The molecule has 0 saturated carbocycles. The molecule has 1 rings (SSSR count). The lowest BCUT2D eigenvalue weighted by Crippen LogP contribution is -2.36. The molecule has 6 nitrogen and oxygen atoms in total. The average molecular weight is 404 g/mol. The number of halogens is 1. The van der Waals surface area contributed by atoms with Crippen molar-refractivity contribution in [2.75, 3.05) is 13.2 Å². The summed E-state index contributed by atoms with van der Waals surface area (Å²) in [7, 11) is 0. The minimum absolute atomic E-state index is 0.0175. The highest BCUT2D eigenvalue weighted by Crippen LogP contribution is 2.10. The van der Waals surface area contributed by atoms with E-state index in [4.69, 9.17) is 4.74 Å². The number of esters is 1. The minimum atomic E-state index is -0.659. The number of nitrogens with one attached hydrogen (secondary N) is 2. The first-order chi connectivity index (χ1) is 9.90. The van der Waals surface area contributed by atoms with E-state index in [-0.39, 0.29) is 31.0 Å². The number of carbonyl (C=O) groups excluding carboxylic acids is 3. The topological polar surface area (TPSA) is 84.5 Å². The largest absolute Gasteiger partial charge is 0.454 e. The van der Waals surface area contributed by atoms with E-state index in [9.17, 15) is 14.4 Å². The summed E-state index contributed by atoms with van der Waals surface area (Å²) in [4.78, 5) is 34.6. The molecule has 0 aliphatic rings. The molecule has 21 heavy (non-hydrogen) atoms. The number of hydrogen-bond acceptors (Lipinski definition) is 4. The molecule has 2 N–H and O–H groups in total. The second-order valence-electron chi connectivity index (χ2n) is 4.55. The lowest BCUT2D eigenvalue weighted by atomic mass is 10.2. The molecule has 0 aliphatic heterocycles. The maximum Gasteiger partial charge on any atom is 0.325 e. The Hall–Kier alpha value is -1.64. The number of hydrogen-bond donors (Lipinski definition) is 2. The van der Waals surface area contributed by atoms with E-state index in [1.54, 1.807) is 32.0 Å². The molecule has 2 amide bonds. The van der Waals surface area contributed by atoms with Gasteiger partial charge in [-0.25, -0.2) is 0 Å². The fraction of sp³-hybridized carbons (Fsp3) is 0.357. The summed E-state index contributed by atoms with van der Waals surface area (Å²) in [6.07, 6.45) is 0. The number of rotatable bonds is 6. The fourth-order valence-corrected chi connectivity index (χ4v) is 2.09. The highest BCUT2D eigenvalue weighted by molar-refractivity contribution is 14.1. The molecule has 0 unspecified atom stereocenters. The summed E-state index contributed by atoms with van der Waals surface area (Å²) in [6, 6.07) is 7.00. The quantitative estimate of drug-likeness (QED) is 0.549. The highest BCUT2D eigenvalue weighted by atomic mass is 127. The van der Waals surface area contributed by atoms with Gasteiger partial charge < -0.3 is 15.4 Å². The second-order valence-corrected chi connectivity index (χ2v) is 5.71. The van der Waals surface area contributed by atoms with Crippen LogP contribution in [-0.4, -0.2) is 37.0 Å². The second kappa shape index (κ2) is 8.60. The van der Waals surface area contributed by atoms with Crippen LogP contribution in [0.4, 0.5) is 0 Å². The van der Waals surface area contributed by atoms with Gasteiger partial charge in [0.15, 0.2) is 6.61 Å². The van der Waals surface area contributed by atoms with E-state index < -0.39 is 5.97 Å². The summed E-state index contributed by atoms with van der Waals surface area (Å²) < 4.78 is 5.54. The standard InChI is InChI=1S/C14H17IN2O4/c1-9(2)17-12(18)8-21-13(19)7-16-14(20)10-5-3-4-6-11(10)15/h3-6,9H,7-8H2,1-2H3,(H,16,20)(H,17,18). The summed E-state index contributed by atoms with van der Waals surface area (Å²) in [5, 5.41) is 5.05. The Morgan fingerprint density at radius 2 is 1.90 bits per heavy atom. The number of carbonyl (C=O) groups is 3. The summed E-state index contributed by atoms with van der Waals surface area (Å²) in [5.74, 6) is -1.39. The first-order valence-corrected chi connectivity index (χ1v) is 7.45. The highest BCUT2D eigenvalue weighted by Gasteiger charge is 2.12. The predicted molar refractivity (Wildman–Crippen MR) is 85.7 cm³/mol. The predicted octanol–water partition coefficient (Wildman–Crippen LogP) is 1.09.